The summed E-state index contributed by atoms with van der Waals surface area (Å²) in [5.41, 5.74) is 0.928. The molecule has 1 aromatic rings. The van der Waals surface area contributed by atoms with E-state index in [1.807, 2.05) is 0 Å². The Morgan fingerprint density at radius 2 is 2.10 bits per heavy atom. The van der Waals surface area contributed by atoms with Gasteiger partial charge in [-0.25, -0.2) is 0 Å². The van der Waals surface area contributed by atoms with Gasteiger partial charge in [0.2, 0.25) is 0 Å². The second kappa shape index (κ2) is 7.95. The first-order valence-electron chi connectivity index (χ1n) is 7.02. The average molecular weight is 296 g/mol. The molecule has 0 aliphatic carbocycles. The lowest BCUT2D eigenvalue weighted by atomic mass is 9.88. The molecule has 0 aromatic heterocycles. The van der Waals surface area contributed by atoms with Crippen LogP contribution in [0.2, 0.25) is 0 Å². The second-order valence-corrected chi connectivity index (χ2v) is 5.89. The summed E-state index contributed by atoms with van der Waals surface area (Å²) in [5, 5.41) is 23.1. The lowest BCUT2D eigenvalue weighted by Crippen LogP contribution is -2.29. The zero-order valence-electron chi connectivity index (χ0n) is 12.9. The van der Waals surface area contributed by atoms with Crippen molar-refractivity contribution in [3.05, 3.63) is 33.9 Å². The summed E-state index contributed by atoms with van der Waals surface area (Å²) in [4.78, 5) is 10.5. The average Bonchev–Trinajstić information content (AvgIpc) is 2.44. The normalized spacial score (nSPS) is 11.4. The molecule has 0 heterocycles. The summed E-state index contributed by atoms with van der Waals surface area (Å²) in [6.07, 6.45) is 1.70. The van der Waals surface area contributed by atoms with Gasteiger partial charge in [-0.05, 0) is 29.9 Å². The minimum Gasteiger partial charge on any atom is -0.496 e. The quantitative estimate of drug-likeness (QED) is 0.540. The SMILES string of the molecule is COc1cc(CNCC(C)(C)CCCO)cc([N+](=O)[O-])c1. The first kappa shape index (κ1) is 17.4. The summed E-state index contributed by atoms with van der Waals surface area (Å²) in [7, 11) is 1.49. The van der Waals surface area contributed by atoms with Crippen LogP contribution in [0.3, 0.4) is 0 Å². The van der Waals surface area contributed by atoms with E-state index in [9.17, 15) is 10.1 Å². The Morgan fingerprint density at radius 3 is 2.67 bits per heavy atom. The van der Waals surface area contributed by atoms with Crippen molar-refractivity contribution < 1.29 is 14.8 Å². The number of nitrogens with zero attached hydrogens (tertiary/aromatic N) is 1. The largest absolute Gasteiger partial charge is 0.496 e. The van der Waals surface area contributed by atoms with Gasteiger partial charge in [0.25, 0.3) is 5.69 Å². The number of rotatable bonds is 9. The van der Waals surface area contributed by atoms with Crippen molar-refractivity contribution in [2.75, 3.05) is 20.3 Å². The van der Waals surface area contributed by atoms with E-state index < -0.39 is 4.92 Å². The molecule has 0 atom stereocenters. The molecule has 0 aliphatic heterocycles. The van der Waals surface area contributed by atoms with E-state index >= 15 is 0 Å². The summed E-state index contributed by atoms with van der Waals surface area (Å²) < 4.78 is 5.09. The highest BCUT2D eigenvalue weighted by Crippen LogP contribution is 2.24. The molecule has 0 unspecified atom stereocenters. The van der Waals surface area contributed by atoms with Gasteiger partial charge in [-0.3, -0.25) is 10.1 Å². The summed E-state index contributed by atoms with van der Waals surface area (Å²) >= 11 is 0. The van der Waals surface area contributed by atoms with Crippen molar-refractivity contribution in [2.24, 2.45) is 5.41 Å². The zero-order valence-corrected chi connectivity index (χ0v) is 12.9. The number of aliphatic hydroxyl groups is 1. The number of nitro benzene ring substituents is 1. The van der Waals surface area contributed by atoms with E-state index in [0.717, 1.165) is 24.9 Å². The maximum atomic E-state index is 10.9. The van der Waals surface area contributed by atoms with E-state index in [4.69, 9.17) is 9.84 Å². The molecule has 21 heavy (non-hydrogen) atoms. The molecule has 0 amide bonds. The van der Waals surface area contributed by atoms with Gasteiger partial charge in [-0.2, -0.15) is 0 Å². The molecule has 0 spiro atoms. The Balaban J connectivity index is 2.62. The molecule has 2 N–H and O–H groups in total. The van der Waals surface area contributed by atoms with Crippen molar-refractivity contribution in [1.82, 2.24) is 5.32 Å². The van der Waals surface area contributed by atoms with Crippen LogP contribution in [0.15, 0.2) is 18.2 Å². The van der Waals surface area contributed by atoms with Crippen molar-refractivity contribution in [1.29, 1.82) is 0 Å². The van der Waals surface area contributed by atoms with E-state index in [-0.39, 0.29) is 17.7 Å². The number of benzene rings is 1. The van der Waals surface area contributed by atoms with Crippen LogP contribution in [0.5, 0.6) is 5.75 Å². The third-order valence-electron chi connectivity index (χ3n) is 3.34. The van der Waals surface area contributed by atoms with Gasteiger partial charge in [0.1, 0.15) is 5.75 Å². The Kier molecular flexibility index (Phi) is 6.58. The third-order valence-corrected chi connectivity index (χ3v) is 3.34. The molecule has 0 fully saturated rings. The molecule has 6 nitrogen and oxygen atoms in total. The summed E-state index contributed by atoms with van der Waals surface area (Å²) in [6.45, 7) is 5.78. The number of non-ortho nitro benzene ring substituents is 1. The van der Waals surface area contributed by atoms with Crippen molar-refractivity contribution in [3.63, 3.8) is 0 Å². The highest BCUT2D eigenvalue weighted by atomic mass is 16.6. The van der Waals surface area contributed by atoms with Crippen molar-refractivity contribution >= 4 is 5.69 Å². The van der Waals surface area contributed by atoms with Crippen molar-refractivity contribution in [3.8, 4) is 5.75 Å². The molecule has 0 aliphatic rings. The number of ether oxygens (including phenoxy) is 1. The smallest absolute Gasteiger partial charge is 0.273 e. The molecule has 1 rings (SSSR count). The predicted octanol–water partition coefficient (Wildman–Crippen LogP) is 2.49. The van der Waals surface area contributed by atoms with Gasteiger partial charge in [-0.1, -0.05) is 13.8 Å². The number of hydrogen-bond donors (Lipinski definition) is 2. The number of nitrogens with one attached hydrogen (secondary N) is 1. The van der Waals surface area contributed by atoms with Gasteiger partial charge >= 0.3 is 0 Å². The van der Waals surface area contributed by atoms with Crippen molar-refractivity contribution in [2.45, 2.75) is 33.2 Å². The number of hydrogen-bond acceptors (Lipinski definition) is 5. The second-order valence-electron chi connectivity index (χ2n) is 5.89. The molecule has 1 aromatic carbocycles. The lowest BCUT2D eigenvalue weighted by Gasteiger charge is -2.24. The first-order chi connectivity index (χ1) is 9.88. The molecule has 0 radical (unpaired) electrons. The van der Waals surface area contributed by atoms with E-state index in [0.29, 0.717) is 12.3 Å². The standard InChI is InChI=1S/C15H24N2O4/c1-15(2,5-4-6-18)11-16-10-12-7-13(17(19)20)9-14(8-12)21-3/h7-9,16,18H,4-6,10-11H2,1-3H3. The van der Waals surface area contributed by atoms with Crippen LogP contribution in [0, 0.1) is 15.5 Å². The minimum atomic E-state index is -0.419. The van der Waals surface area contributed by atoms with E-state index in [1.165, 1.54) is 13.2 Å². The Hall–Kier alpha value is -1.66. The van der Waals surface area contributed by atoms with Gasteiger partial charge in [0, 0.05) is 25.8 Å². The molecule has 6 heteroatoms. The topological polar surface area (TPSA) is 84.6 Å². The fourth-order valence-electron chi connectivity index (χ4n) is 2.16. The van der Waals surface area contributed by atoms with Gasteiger partial charge in [0.15, 0.2) is 0 Å². The maximum absolute atomic E-state index is 10.9. The molecular weight excluding hydrogens is 272 g/mol. The van der Waals surface area contributed by atoms with E-state index in [2.05, 4.69) is 19.2 Å². The molecule has 0 bridgehead atoms. The molecule has 0 saturated heterocycles. The molecule has 0 saturated carbocycles. The highest BCUT2D eigenvalue weighted by molar-refractivity contribution is 5.42. The maximum Gasteiger partial charge on any atom is 0.273 e. The number of aliphatic hydroxyl groups excluding tert-OH is 1. The number of nitro groups is 1. The van der Waals surface area contributed by atoms with Crippen LogP contribution in [-0.2, 0) is 6.54 Å². The van der Waals surface area contributed by atoms with Crippen LogP contribution in [0.25, 0.3) is 0 Å². The lowest BCUT2D eigenvalue weighted by molar-refractivity contribution is -0.385. The van der Waals surface area contributed by atoms with Crippen LogP contribution < -0.4 is 10.1 Å². The van der Waals surface area contributed by atoms with Crippen LogP contribution in [0.4, 0.5) is 5.69 Å². The minimum absolute atomic E-state index is 0.0330. The first-order valence-corrected chi connectivity index (χ1v) is 7.02. The third kappa shape index (κ3) is 6.10. The zero-order chi connectivity index (χ0) is 15.9. The van der Waals surface area contributed by atoms with Gasteiger partial charge in [-0.15, -0.1) is 0 Å². The fraction of sp³-hybridized carbons (Fsp3) is 0.600. The summed E-state index contributed by atoms with van der Waals surface area (Å²) in [6, 6.07) is 4.76. The summed E-state index contributed by atoms with van der Waals surface area (Å²) in [5.74, 6) is 0.487. The Morgan fingerprint density at radius 1 is 1.38 bits per heavy atom. The number of methoxy groups -OCH3 is 1. The van der Waals surface area contributed by atoms with Crippen LogP contribution >= 0.6 is 0 Å². The monoisotopic (exact) mass is 296 g/mol. The Bertz CT molecular complexity index is 475. The van der Waals surface area contributed by atoms with Gasteiger partial charge < -0.3 is 15.2 Å². The predicted molar refractivity (Wildman–Crippen MR) is 81.5 cm³/mol. The van der Waals surface area contributed by atoms with Gasteiger partial charge in [0.05, 0.1) is 18.1 Å². The molecular formula is C15H24N2O4. The highest BCUT2D eigenvalue weighted by Gasteiger charge is 2.17. The van der Waals surface area contributed by atoms with Crippen LogP contribution in [0.1, 0.15) is 32.3 Å². The molecule has 118 valence electrons. The van der Waals surface area contributed by atoms with E-state index in [1.54, 1.807) is 12.1 Å². The van der Waals surface area contributed by atoms with Crippen LogP contribution in [-0.4, -0.2) is 30.3 Å². The fourth-order valence-corrected chi connectivity index (χ4v) is 2.16. The Labute approximate surface area is 125 Å².